The number of hydrogen-bond donors (Lipinski definition) is 3. The molecule has 4 atom stereocenters. The molecule has 56 heavy (non-hydrogen) atoms. The number of methoxy groups -OCH3 is 2. The Kier molecular flexibility index (Phi) is 13.0. The summed E-state index contributed by atoms with van der Waals surface area (Å²) in [6.45, 7) is 6.16. The molecule has 1 amide bonds. The number of rotatable bonds is 14. The molecule has 4 aromatic carbocycles. The topological polar surface area (TPSA) is 150 Å². The van der Waals surface area contributed by atoms with Gasteiger partial charge in [-0.15, -0.1) is 0 Å². The molecule has 14 heteroatoms. The monoisotopic (exact) mass is 799 g/mol. The van der Waals surface area contributed by atoms with Gasteiger partial charge in [0.05, 0.1) is 20.8 Å². The fourth-order valence-electron chi connectivity index (χ4n) is 6.42. The second-order valence-corrected chi connectivity index (χ2v) is 17.1. The summed E-state index contributed by atoms with van der Waals surface area (Å²) in [6.07, 6.45) is -4.93. The molecular weight excluding hydrogens is 755 g/mol. The van der Waals surface area contributed by atoms with Crippen LogP contribution in [0.25, 0.3) is 0 Å². The number of H-pyrrole nitrogens is 1. The number of ether oxygens (including phenoxy) is 5. The summed E-state index contributed by atoms with van der Waals surface area (Å²) in [4.78, 5) is 40.9. The van der Waals surface area contributed by atoms with Crippen molar-refractivity contribution in [2.75, 3.05) is 26.1 Å². The van der Waals surface area contributed by atoms with Crippen molar-refractivity contribution in [1.29, 1.82) is 0 Å². The van der Waals surface area contributed by atoms with Gasteiger partial charge in [0.1, 0.15) is 29.3 Å². The van der Waals surface area contributed by atoms with Gasteiger partial charge in [0.15, 0.2) is 12.3 Å². The van der Waals surface area contributed by atoms with Crippen LogP contribution in [-0.4, -0.2) is 64.6 Å². The lowest BCUT2D eigenvalue weighted by Crippen LogP contribution is -2.42. The number of aromatic nitrogens is 2. The van der Waals surface area contributed by atoms with Crippen LogP contribution >= 0.6 is 21.6 Å². The van der Waals surface area contributed by atoms with E-state index in [1.165, 1.54) is 6.20 Å². The Hall–Kier alpha value is -4.99. The first-order chi connectivity index (χ1) is 26.9. The lowest BCUT2D eigenvalue weighted by atomic mass is 9.80. The summed E-state index contributed by atoms with van der Waals surface area (Å²) in [7, 11) is 6.58. The number of para-hydroxylation sites is 1. The molecule has 0 radical (unpaired) electrons. The molecule has 0 unspecified atom stereocenters. The van der Waals surface area contributed by atoms with Crippen LogP contribution < -0.4 is 26.0 Å². The van der Waals surface area contributed by atoms with Gasteiger partial charge in [-0.1, -0.05) is 115 Å². The number of benzene rings is 4. The molecule has 1 aliphatic rings. The maximum Gasteiger partial charge on any atom is 0.412 e. The first kappa shape index (κ1) is 40.7. The molecule has 1 fully saturated rings. The Bertz CT molecular complexity index is 2140. The lowest BCUT2D eigenvalue weighted by molar-refractivity contribution is -0.0959. The van der Waals surface area contributed by atoms with Crippen LogP contribution in [0.2, 0.25) is 0 Å². The Labute approximate surface area is 332 Å². The third kappa shape index (κ3) is 9.33. The maximum atomic E-state index is 13.6. The first-order valence-corrected chi connectivity index (χ1v) is 20.2. The number of carbonyl (C=O) groups is 1. The number of anilines is 1. The number of nitrogens with zero attached hydrogens (tertiary/aromatic N) is 1. The predicted molar refractivity (Wildman–Crippen MR) is 218 cm³/mol. The number of aliphatic hydroxyl groups is 1. The fraction of sp³-hybridized carbons (Fsp3) is 0.310. The number of hydrogen-bond acceptors (Lipinski definition) is 11. The Morgan fingerprint density at radius 1 is 0.839 bits per heavy atom. The fourth-order valence-corrected chi connectivity index (χ4v) is 8.83. The SMILES string of the molecule is COc1ccc(C(OC[C@H]2O[C@@H](n3ccc(=O)[nH]c3=O)[C@H](OC(=O)Nc3ccccc3CSSC(C)(C)C)[C@@H]2O)(c2ccccc2)c2ccc(OC)cc2)cc1. The largest absolute Gasteiger partial charge is 0.497 e. The lowest BCUT2D eigenvalue weighted by Gasteiger charge is -2.37. The van der Waals surface area contributed by atoms with E-state index < -0.39 is 47.5 Å². The van der Waals surface area contributed by atoms with Crippen LogP contribution in [0.5, 0.6) is 11.5 Å². The molecule has 0 bridgehead atoms. The molecular formula is C42H45N3O9S2. The number of carbonyl (C=O) groups excluding carboxylic acids is 1. The van der Waals surface area contributed by atoms with Crippen LogP contribution in [0, 0.1) is 0 Å². The molecule has 0 saturated carbocycles. The number of amides is 1. The molecule has 1 saturated heterocycles. The van der Waals surface area contributed by atoms with Crippen molar-refractivity contribution in [3.63, 3.8) is 0 Å². The third-order valence-corrected chi connectivity index (χ3v) is 12.3. The number of aliphatic hydroxyl groups excluding tert-OH is 1. The van der Waals surface area contributed by atoms with Crippen LogP contribution in [0.4, 0.5) is 10.5 Å². The van der Waals surface area contributed by atoms with Crippen molar-refractivity contribution >= 4 is 33.4 Å². The van der Waals surface area contributed by atoms with Gasteiger partial charge in [-0.2, -0.15) is 0 Å². The summed E-state index contributed by atoms with van der Waals surface area (Å²) in [5.41, 5.74) is 1.02. The quantitative estimate of drug-likeness (QED) is 0.0779. The molecule has 0 aliphatic carbocycles. The van der Waals surface area contributed by atoms with E-state index in [9.17, 15) is 19.5 Å². The van der Waals surface area contributed by atoms with Crippen LogP contribution in [0.1, 0.15) is 49.3 Å². The van der Waals surface area contributed by atoms with Gasteiger partial charge in [0.2, 0.25) is 0 Å². The second-order valence-electron chi connectivity index (χ2n) is 14.0. The third-order valence-electron chi connectivity index (χ3n) is 9.10. The van der Waals surface area contributed by atoms with Crippen molar-refractivity contribution in [3.05, 3.63) is 158 Å². The van der Waals surface area contributed by atoms with E-state index in [2.05, 4.69) is 31.1 Å². The zero-order valence-corrected chi connectivity index (χ0v) is 33.3. The first-order valence-electron chi connectivity index (χ1n) is 17.9. The standard InChI is InChI=1S/C42H45N3O9S2/c1-41(2,3)56-55-26-27-11-9-10-14-33(27)43-40(49)54-37-36(47)34(53-38(37)45-24-23-35(46)44-39(45)48)25-52-42(28-12-7-6-8-13-28,29-15-19-31(50-4)20-16-29)30-17-21-32(51-5)22-18-30/h6-24,34,36-38,47H,25-26H2,1-5H3,(H,43,49)(H,44,46,48)/t34-,36-,37-,38-/m1/s1. The van der Waals surface area contributed by atoms with E-state index in [1.807, 2.05) is 91.0 Å². The predicted octanol–water partition coefficient (Wildman–Crippen LogP) is 7.12. The van der Waals surface area contributed by atoms with Crippen molar-refractivity contribution < 1.29 is 33.6 Å². The van der Waals surface area contributed by atoms with Gasteiger partial charge in [0.25, 0.3) is 5.56 Å². The minimum absolute atomic E-state index is 0.0453. The highest BCUT2D eigenvalue weighted by atomic mass is 33.1. The average Bonchev–Trinajstić information content (AvgIpc) is 3.49. The van der Waals surface area contributed by atoms with Crippen LogP contribution in [0.15, 0.2) is 125 Å². The van der Waals surface area contributed by atoms with E-state index in [0.29, 0.717) is 22.9 Å². The van der Waals surface area contributed by atoms with E-state index in [1.54, 1.807) is 47.9 Å². The molecule has 1 aromatic heterocycles. The van der Waals surface area contributed by atoms with Gasteiger partial charge in [0, 0.05) is 28.5 Å². The molecule has 294 valence electrons. The van der Waals surface area contributed by atoms with Crippen molar-refractivity contribution in [1.82, 2.24) is 9.55 Å². The smallest absolute Gasteiger partial charge is 0.412 e. The Balaban J connectivity index is 1.33. The molecule has 6 rings (SSSR count). The minimum Gasteiger partial charge on any atom is -0.497 e. The number of nitrogens with one attached hydrogen (secondary N) is 2. The van der Waals surface area contributed by atoms with Crippen molar-refractivity contribution in [3.8, 4) is 11.5 Å². The van der Waals surface area contributed by atoms with E-state index in [4.69, 9.17) is 23.7 Å². The number of aromatic amines is 1. The summed E-state index contributed by atoms with van der Waals surface area (Å²) in [5, 5.41) is 14.7. The van der Waals surface area contributed by atoms with Gasteiger partial charge < -0.3 is 28.8 Å². The van der Waals surface area contributed by atoms with Gasteiger partial charge in [-0.05, 0) is 52.6 Å². The highest BCUT2D eigenvalue weighted by molar-refractivity contribution is 8.76. The van der Waals surface area contributed by atoms with Gasteiger partial charge in [-0.3, -0.25) is 19.7 Å². The summed E-state index contributed by atoms with van der Waals surface area (Å²) >= 11 is 0. The molecule has 2 heterocycles. The highest BCUT2D eigenvalue weighted by Crippen LogP contribution is 2.43. The molecule has 1 aliphatic heterocycles. The maximum absolute atomic E-state index is 13.6. The van der Waals surface area contributed by atoms with Gasteiger partial charge >= 0.3 is 11.8 Å². The van der Waals surface area contributed by atoms with Crippen LogP contribution in [-0.2, 0) is 25.6 Å². The Morgan fingerprint density at radius 3 is 2.02 bits per heavy atom. The molecule has 3 N–H and O–H groups in total. The van der Waals surface area contributed by atoms with E-state index in [0.717, 1.165) is 32.9 Å². The normalized spacial score (nSPS) is 18.3. The van der Waals surface area contributed by atoms with Crippen molar-refractivity contribution in [2.45, 2.75) is 61.4 Å². The van der Waals surface area contributed by atoms with Crippen LogP contribution in [0.3, 0.4) is 0 Å². The highest BCUT2D eigenvalue weighted by Gasteiger charge is 2.49. The van der Waals surface area contributed by atoms with E-state index in [-0.39, 0.29) is 11.4 Å². The molecule has 0 spiro atoms. The zero-order chi connectivity index (χ0) is 39.9. The van der Waals surface area contributed by atoms with E-state index >= 15 is 0 Å². The Morgan fingerprint density at radius 2 is 1.43 bits per heavy atom. The second kappa shape index (κ2) is 17.9. The van der Waals surface area contributed by atoms with Crippen molar-refractivity contribution in [2.24, 2.45) is 0 Å². The molecule has 12 nitrogen and oxygen atoms in total. The zero-order valence-electron chi connectivity index (χ0n) is 31.7. The summed E-state index contributed by atoms with van der Waals surface area (Å²) in [6, 6.07) is 33.1. The summed E-state index contributed by atoms with van der Waals surface area (Å²) in [5.74, 6) is 1.92. The minimum atomic E-state index is -1.47. The van der Waals surface area contributed by atoms with Gasteiger partial charge in [-0.25, -0.2) is 9.59 Å². The molecule has 5 aromatic rings. The summed E-state index contributed by atoms with van der Waals surface area (Å²) < 4.78 is 31.2. The average molecular weight is 800 g/mol.